The smallest absolute Gasteiger partial charge is 0.150 e. The van der Waals surface area contributed by atoms with Crippen LogP contribution in [0.3, 0.4) is 0 Å². The minimum Gasteiger partial charge on any atom is -0.229 e. The molecule has 3 heteroatoms. The standard InChI is InChI=1S/C7H16.C4H8O2S/c1-3-5-7-6-4-2;5-7(6)3-1-2-4-7/h3-7H2,1-2H3;1-4H2. The SMILES string of the molecule is CCCCCCC.O=S1(=O)CCCC1. The zero-order chi connectivity index (χ0) is 10.9. The molecule has 0 unspecified atom stereocenters. The van der Waals surface area contributed by atoms with Crippen molar-refractivity contribution in [3.05, 3.63) is 0 Å². The van der Waals surface area contributed by atoms with Crippen LogP contribution in [0.15, 0.2) is 0 Å². The third-order valence-corrected chi connectivity index (χ3v) is 4.19. The summed E-state index contributed by atoms with van der Waals surface area (Å²) < 4.78 is 20.9. The van der Waals surface area contributed by atoms with Gasteiger partial charge in [-0.2, -0.15) is 0 Å². The van der Waals surface area contributed by atoms with Crippen molar-refractivity contribution in [2.24, 2.45) is 0 Å². The van der Waals surface area contributed by atoms with E-state index < -0.39 is 9.84 Å². The van der Waals surface area contributed by atoms with E-state index in [1.54, 1.807) is 0 Å². The molecule has 1 saturated heterocycles. The minimum atomic E-state index is -2.55. The number of rotatable bonds is 4. The normalized spacial score (nSPS) is 18.7. The van der Waals surface area contributed by atoms with Gasteiger partial charge in [-0.1, -0.05) is 46.0 Å². The lowest BCUT2D eigenvalue weighted by atomic mass is 10.2. The van der Waals surface area contributed by atoms with Crippen molar-refractivity contribution in [1.82, 2.24) is 0 Å². The molecule has 0 aliphatic carbocycles. The van der Waals surface area contributed by atoms with Crippen LogP contribution in [0.1, 0.15) is 58.8 Å². The lowest BCUT2D eigenvalue weighted by Gasteiger charge is -1.90. The minimum absolute atomic E-state index is 0.424. The second-order valence-electron chi connectivity index (χ2n) is 3.92. The zero-order valence-electron chi connectivity index (χ0n) is 9.59. The molecule has 0 N–H and O–H groups in total. The summed E-state index contributed by atoms with van der Waals surface area (Å²) in [6.45, 7) is 4.49. The molecule has 1 heterocycles. The highest BCUT2D eigenvalue weighted by Crippen LogP contribution is 2.08. The average Bonchev–Trinajstić information content (AvgIpc) is 2.52. The van der Waals surface area contributed by atoms with Crippen molar-refractivity contribution < 1.29 is 8.42 Å². The Balaban J connectivity index is 0.000000241. The quantitative estimate of drug-likeness (QED) is 0.682. The van der Waals surface area contributed by atoms with Crippen LogP contribution in [-0.2, 0) is 9.84 Å². The van der Waals surface area contributed by atoms with E-state index in [1.165, 1.54) is 32.1 Å². The summed E-state index contributed by atoms with van der Waals surface area (Å²) in [4.78, 5) is 0. The highest BCUT2D eigenvalue weighted by Gasteiger charge is 2.16. The molecule has 14 heavy (non-hydrogen) atoms. The zero-order valence-corrected chi connectivity index (χ0v) is 10.4. The van der Waals surface area contributed by atoms with Gasteiger partial charge in [-0.05, 0) is 12.8 Å². The topological polar surface area (TPSA) is 34.1 Å². The van der Waals surface area contributed by atoms with Gasteiger partial charge in [-0.3, -0.25) is 0 Å². The van der Waals surface area contributed by atoms with Crippen molar-refractivity contribution in [3.63, 3.8) is 0 Å². The molecule has 0 saturated carbocycles. The second kappa shape index (κ2) is 8.27. The van der Waals surface area contributed by atoms with Crippen molar-refractivity contribution in [2.75, 3.05) is 11.5 Å². The number of sulfone groups is 1. The molecule has 0 amide bonds. The van der Waals surface area contributed by atoms with Crippen LogP contribution in [0.2, 0.25) is 0 Å². The van der Waals surface area contributed by atoms with Crippen LogP contribution in [0.4, 0.5) is 0 Å². The highest BCUT2D eigenvalue weighted by atomic mass is 32.2. The van der Waals surface area contributed by atoms with Gasteiger partial charge < -0.3 is 0 Å². The molecular formula is C11H24O2S. The Hall–Kier alpha value is -0.0500. The maximum absolute atomic E-state index is 10.4. The molecule has 1 aliphatic rings. The number of hydrogen-bond donors (Lipinski definition) is 0. The first kappa shape index (κ1) is 13.9. The first-order valence-corrected chi connectivity index (χ1v) is 7.65. The van der Waals surface area contributed by atoms with Gasteiger partial charge in [0, 0.05) is 0 Å². The lowest BCUT2D eigenvalue weighted by molar-refractivity contribution is 0.602. The van der Waals surface area contributed by atoms with Gasteiger partial charge >= 0.3 is 0 Å². The second-order valence-corrected chi connectivity index (χ2v) is 6.22. The molecule has 2 nitrogen and oxygen atoms in total. The fourth-order valence-corrected chi connectivity index (χ4v) is 2.91. The van der Waals surface area contributed by atoms with Crippen LogP contribution < -0.4 is 0 Å². The molecule has 0 spiro atoms. The van der Waals surface area contributed by atoms with Gasteiger partial charge in [0.2, 0.25) is 0 Å². The van der Waals surface area contributed by atoms with Gasteiger partial charge in [-0.25, -0.2) is 8.42 Å². The van der Waals surface area contributed by atoms with Crippen LogP contribution in [0, 0.1) is 0 Å². The molecule has 0 aromatic rings. The number of unbranched alkanes of at least 4 members (excludes halogenated alkanes) is 4. The Morgan fingerprint density at radius 3 is 1.50 bits per heavy atom. The van der Waals surface area contributed by atoms with Crippen molar-refractivity contribution in [1.29, 1.82) is 0 Å². The van der Waals surface area contributed by atoms with E-state index in [4.69, 9.17) is 0 Å². The average molecular weight is 220 g/mol. The summed E-state index contributed by atoms with van der Waals surface area (Å²) in [5.74, 6) is 0.847. The Morgan fingerprint density at radius 2 is 1.29 bits per heavy atom. The molecule has 0 atom stereocenters. The van der Waals surface area contributed by atoms with Crippen molar-refractivity contribution >= 4 is 9.84 Å². The molecule has 0 bridgehead atoms. The van der Waals surface area contributed by atoms with Gasteiger partial charge in [0.1, 0.15) is 9.84 Å². The van der Waals surface area contributed by atoms with Crippen molar-refractivity contribution in [2.45, 2.75) is 58.8 Å². The Morgan fingerprint density at radius 1 is 0.857 bits per heavy atom. The van der Waals surface area contributed by atoms with Crippen LogP contribution in [0.25, 0.3) is 0 Å². The van der Waals surface area contributed by atoms with E-state index in [2.05, 4.69) is 13.8 Å². The Labute approximate surface area is 89.0 Å². The van der Waals surface area contributed by atoms with E-state index in [-0.39, 0.29) is 0 Å². The summed E-state index contributed by atoms with van der Waals surface area (Å²) in [7, 11) is -2.55. The van der Waals surface area contributed by atoms with Gasteiger partial charge in [0.05, 0.1) is 11.5 Å². The molecule has 0 radical (unpaired) electrons. The predicted octanol–water partition coefficient (Wildman–Crippen LogP) is 3.17. The Bertz CT molecular complexity index is 191. The van der Waals surface area contributed by atoms with Crippen LogP contribution in [0.5, 0.6) is 0 Å². The first-order valence-electron chi connectivity index (χ1n) is 5.82. The summed E-state index contributed by atoms with van der Waals surface area (Å²) >= 11 is 0. The summed E-state index contributed by atoms with van der Waals surface area (Å²) in [6, 6.07) is 0. The molecule has 0 aromatic carbocycles. The summed E-state index contributed by atoms with van der Waals surface area (Å²) in [5, 5.41) is 0. The monoisotopic (exact) mass is 220 g/mol. The largest absolute Gasteiger partial charge is 0.229 e. The maximum Gasteiger partial charge on any atom is 0.150 e. The van der Waals surface area contributed by atoms with Crippen molar-refractivity contribution in [3.8, 4) is 0 Å². The lowest BCUT2D eigenvalue weighted by Crippen LogP contribution is -1.98. The predicted molar refractivity (Wildman–Crippen MR) is 62.3 cm³/mol. The summed E-state index contributed by atoms with van der Waals surface area (Å²) in [6.07, 6.45) is 8.76. The highest BCUT2D eigenvalue weighted by molar-refractivity contribution is 7.91. The molecule has 86 valence electrons. The first-order chi connectivity index (χ1) is 6.62. The Kier molecular flexibility index (Phi) is 8.24. The van der Waals surface area contributed by atoms with Crippen LogP contribution in [-0.4, -0.2) is 19.9 Å². The van der Waals surface area contributed by atoms with E-state index in [9.17, 15) is 8.42 Å². The molecular weight excluding hydrogens is 196 g/mol. The van der Waals surface area contributed by atoms with Crippen LogP contribution >= 0.6 is 0 Å². The van der Waals surface area contributed by atoms with E-state index in [1.807, 2.05) is 0 Å². The van der Waals surface area contributed by atoms with Gasteiger partial charge in [-0.15, -0.1) is 0 Å². The van der Waals surface area contributed by atoms with Gasteiger partial charge in [0.25, 0.3) is 0 Å². The fraction of sp³-hybridized carbons (Fsp3) is 1.00. The molecule has 1 rings (SSSR count). The van der Waals surface area contributed by atoms with E-state index in [0.29, 0.717) is 11.5 Å². The van der Waals surface area contributed by atoms with E-state index >= 15 is 0 Å². The third-order valence-electron chi connectivity index (χ3n) is 2.37. The number of hydrogen-bond acceptors (Lipinski definition) is 2. The maximum atomic E-state index is 10.4. The molecule has 1 fully saturated rings. The third kappa shape index (κ3) is 8.54. The van der Waals surface area contributed by atoms with Gasteiger partial charge in [0.15, 0.2) is 0 Å². The fourth-order valence-electron chi connectivity index (χ4n) is 1.42. The van der Waals surface area contributed by atoms with E-state index in [0.717, 1.165) is 12.8 Å². The summed E-state index contributed by atoms with van der Waals surface area (Å²) in [5.41, 5.74) is 0. The molecule has 0 aromatic heterocycles. The molecule has 1 aliphatic heterocycles.